The Morgan fingerprint density at radius 1 is 1.24 bits per heavy atom. The normalized spacial score (nSPS) is 11.6. The molecule has 1 aromatic carbocycles. The Labute approximate surface area is 123 Å². The summed E-state index contributed by atoms with van der Waals surface area (Å²) in [6.45, 7) is 0.263. The number of esters is 1. The highest BCUT2D eigenvalue weighted by molar-refractivity contribution is 5.94. The Bertz CT molecular complexity index is 461. The quantitative estimate of drug-likeness (QED) is 0.679. The lowest BCUT2D eigenvalue weighted by molar-refractivity contribution is -0.142. The molecule has 1 aromatic rings. The molecule has 0 heterocycles. The third kappa shape index (κ3) is 6.24. The fourth-order valence-electron chi connectivity index (χ4n) is 1.45. The van der Waals surface area contributed by atoms with E-state index in [1.165, 1.54) is 7.11 Å². The standard InChI is InChI=1S/C14H20N2O5/c1-19-8-7-12(15)14(18)16-10-3-5-11(6-4-10)21-9-13(17)20-2/h3-6,12H,7-9,15H2,1-2H3,(H,16,18). The summed E-state index contributed by atoms with van der Waals surface area (Å²) in [5.74, 6) is -0.242. The lowest BCUT2D eigenvalue weighted by atomic mass is 10.2. The van der Waals surface area contributed by atoms with Gasteiger partial charge in [-0.15, -0.1) is 0 Å². The van der Waals surface area contributed by atoms with Crippen molar-refractivity contribution in [2.75, 3.05) is 32.8 Å². The molecular formula is C14H20N2O5. The van der Waals surface area contributed by atoms with E-state index in [2.05, 4.69) is 10.1 Å². The minimum Gasteiger partial charge on any atom is -0.482 e. The van der Waals surface area contributed by atoms with E-state index in [1.807, 2.05) is 0 Å². The summed E-state index contributed by atoms with van der Waals surface area (Å²) >= 11 is 0. The fourth-order valence-corrected chi connectivity index (χ4v) is 1.45. The van der Waals surface area contributed by atoms with Gasteiger partial charge < -0.3 is 25.3 Å². The minimum atomic E-state index is -0.625. The molecule has 0 radical (unpaired) electrons. The van der Waals surface area contributed by atoms with Gasteiger partial charge in [0.25, 0.3) is 0 Å². The van der Waals surface area contributed by atoms with Gasteiger partial charge in [0.2, 0.25) is 5.91 Å². The van der Waals surface area contributed by atoms with Crippen molar-refractivity contribution in [1.29, 1.82) is 0 Å². The molecule has 7 heteroatoms. The molecular weight excluding hydrogens is 276 g/mol. The molecule has 1 amide bonds. The average Bonchev–Trinajstić information content (AvgIpc) is 2.51. The molecule has 0 fully saturated rings. The third-order valence-electron chi connectivity index (χ3n) is 2.68. The lowest BCUT2D eigenvalue weighted by Crippen LogP contribution is -2.36. The van der Waals surface area contributed by atoms with E-state index in [1.54, 1.807) is 31.4 Å². The Morgan fingerprint density at radius 3 is 2.48 bits per heavy atom. The number of anilines is 1. The Kier molecular flexibility index (Phi) is 7.20. The molecule has 0 spiro atoms. The molecule has 1 atom stereocenters. The molecule has 0 saturated heterocycles. The van der Waals surface area contributed by atoms with Gasteiger partial charge in [-0.25, -0.2) is 4.79 Å². The first-order valence-electron chi connectivity index (χ1n) is 6.42. The van der Waals surface area contributed by atoms with Crippen LogP contribution in [0.15, 0.2) is 24.3 Å². The van der Waals surface area contributed by atoms with Gasteiger partial charge in [0.05, 0.1) is 13.2 Å². The Morgan fingerprint density at radius 2 is 1.90 bits per heavy atom. The van der Waals surface area contributed by atoms with Gasteiger partial charge in [0, 0.05) is 19.4 Å². The van der Waals surface area contributed by atoms with E-state index in [0.717, 1.165) is 0 Å². The van der Waals surface area contributed by atoms with Crippen LogP contribution in [0.3, 0.4) is 0 Å². The van der Waals surface area contributed by atoms with Crippen molar-refractivity contribution < 1.29 is 23.8 Å². The van der Waals surface area contributed by atoms with Crippen LogP contribution in [-0.2, 0) is 19.1 Å². The van der Waals surface area contributed by atoms with Gasteiger partial charge in [0.15, 0.2) is 6.61 Å². The maximum atomic E-state index is 11.8. The van der Waals surface area contributed by atoms with E-state index >= 15 is 0 Å². The number of carbonyl (C=O) groups is 2. The summed E-state index contributed by atoms with van der Waals surface area (Å²) in [6, 6.07) is 5.97. The van der Waals surface area contributed by atoms with E-state index in [0.29, 0.717) is 24.5 Å². The molecule has 0 aliphatic rings. The SMILES string of the molecule is COCCC(N)C(=O)Nc1ccc(OCC(=O)OC)cc1. The topological polar surface area (TPSA) is 99.9 Å². The number of hydrogen-bond acceptors (Lipinski definition) is 6. The summed E-state index contributed by atoms with van der Waals surface area (Å²) in [5, 5.41) is 2.69. The van der Waals surface area contributed by atoms with Crippen molar-refractivity contribution in [2.24, 2.45) is 5.73 Å². The largest absolute Gasteiger partial charge is 0.482 e. The molecule has 21 heavy (non-hydrogen) atoms. The van der Waals surface area contributed by atoms with Crippen LogP contribution in [-0.4, -0.2) is 45.4 Å². The first-order valence-corrected chi connectivity index (χ1v) is 6.42. The predicted molar refractivity (Wildman–Crippen MR) is 77.1 cm³/mol. The van der Waals surface area contributed by atoms with Crippen LogP contribution >= 0.6 is 0 Å². The van der Waals surface area contributed by atoms with Crippen LogP contribution in [0.1, 0.15) is 6.42 Å². The van der Waals surface area contributed by atoms with Crippen molar-refractivity contribution in [3.05, 3.63) is 24.3 Å². The van der Waals surface area contributed by atoms with Crippen molar-refractivity contribution in [3.8, 4) is 5.75 Å². The summed E-state index contributed by atoms with van der Waals surface area (Å²) < 4.78 is 14.5. The molecule has 0 aromatic heterocycles. The molecule has 0 bridgehead atoms. The van der Waals surface area contributed by atoms with Gasteiger partial charge >= 0.3 is 5.97 Å². The Balaban J connectivity index is 2.46. The number of nitrogens with two attached hydrogens (primary N) is 1. The molecule has 116 valence electrons. The number of carbonyl (C=O) groups excluding carboxylic acids is 2. The van der Waals surface area contributed by atoms with Gasteiger partial charge in [-0.2, -0.15) is 0 Å². The van der Waals surface area contributed by atoms with Crippen molar-refractivity contribution in [1.82, 2.24) is 0 Å². The average molecular weight is 296 g/mol. The number of benzene rings is 1. The molecule has 1 rings (SSSR count). The number of hydrogen-bond donors (Lipinski definition) is 2. The zero-order chi connectivity index (χ0) is 15.7. The third-order valence-corrected chi connectivity index (χ3v) is 2.68. The fraction of sp³-hybridized carbons (Fsp3) is 0.429. The van der Waals surface area contributed by atoms with Gasteiger partial charge in [-0.3, -0.25) is 4.79 Å². The van der Waals surface area contributed by atoms with E-state index in [4.69, 9.17) is 15.2 Å². The van der Waals surface area contributed by atoms with Crippen LogP contribution in [0.2, 0.25) is 0 Å². The Hall–Kier alpha value is -2.12. The second-order valence-electron chi connectivity index (χ2n) is 4.27. The minimum absolute atomic E-state index is 0.163. The highest BCUT2D eigenvalue weighted by Crippen LogP contribution is 2.16. The molecule has 0 aliphatic heterocycles. The zero-order valence-electron chi connectivity index (χ0n) is 12.1. The van der Waals surface area contributed by atoms with Crippen LogP contribution in [0.25, 0.3) is 0 Å². The molecule has 0 aliphatic carbocycles. The summed E-state index contributed by atoms with van der Waals surface area (Å²) in [6.07, 6.45) is 0.447. The second kappa shape index (κ2) is 8.93. The maximum Gasteiger partial charge on any atom is 0.343 e. The second-order valence-corrected chi connectivity index (χ2v) is 4.27. The number of methoxy groups -OCH3 is 2. The first kappa shape index (κ1) is 16.9. The summed E-state index contributed by atoms with van der Waals surface area (Å²) in [5.41, 5.74) is 6.30. The lowest BCUT2D eigenvalue weighted by Gasteiger charge is -2.12. The summed E-state index contributed by atoms with van der Waals surface area (Å²) in [7, 11) is 2.84. The van der Waals surface area contributed by atoms with Gasteiger partial charge in [-0.1, -0.05) is 0 Å². The van der Waals surface area contributed by atoms with Crippen molar-refractivity contribution >= 4 is 17.6 Å². The van der Waals surface area contributed by atoms with Crippen LogP contribution < -0.4 is 15.8 Å². The van der Waals surface area contributed by atoms with Crippen molar-refractivity contribution in [3.63, 3.8) is 0 Å². The molecule has 7 nitrogen and oxygen atoms in total. The number of ether oxygens (including phenoxy) is 3. The van der Waals surface area contributed by atoms with Crippen LogP contribution in [0, 0.1) is 0 Å². The summed E-state index contributed by atoms with van der Waals surface area (Å²) in [4.78, 5) is 22.7. The van der Waals surface area contributed by atoms with Crippen LogP contribution in [0.4, 0.5) is 5.69 Å². The molecule has 3 N–H and O–H groups in total. The zero-order valence-corrected chi connectivity index (χ0v) is 12.1. The van der Waals surface area contributed by atoms with Crippen molar-refractivity contribution in [2.45, 2.75) is 12.5 Å². The highest BCUT2D eigenvalue weighted by atomic mass is 16.6. The van der Waals surface area contributed by atoms with E-state index in [9.17, 15) is 9.59 Å². The number of nitrogens with one attached hydrogen (secondary N) is 1. The van der Waals surface area contributed by atoms with Crippen LogP contribution in [0.5, 0.6) is 5.75 Å². The van der Waals surface area contributed by atoms with Gasteiger partial charge in [-0.05, 0) is 30.7 Å². The highest BCUT2D eigenvalue weighted by Gasteiger charge is 2.13. The number of amides is 1. The molecule has 0 saturated carbocycles. The smallest absolute Gasteiger partial charge is 0.343 e. The van der Waals surface area contributed by atoms with E-state index < -0.39 is 12.0 Å². The number of rotatable bonds is 8. The first-order chi connectivity index (χ1) is 10.1. The van der Waals surface area contributed by atoms with Gasteiger partial charge in [0.1, 0.15) is 5.75 Å². The molecule has 1 unspecified atom stereocenters. The maximum absolute atomic E-state index is 11.8. The van der Waals surface area contributed by atoms with E-state index in [-0.39, 0.29) is 12.5 Å². The predicted octanol–water partition coefficient (Wildman–Crippen LogP) is 0.541. The monoisotopic (exact) mass is 296 g/mol.